The molecule has 0 unspecified atom stereocenters. The lowest BCUT2D eigenvalue weighted by atomic mass is 9.93. The molecule has 3 atom stereocenters. The number of unbranched alkanes of at least 4 members (excludes halogenated alkanes) is 1. The van der Waals surface area contributed by atoms with Crippen molar-refractivity contribution in [3.8, 4) is 0 Å². The average Bonchev–Trinajstić information content (AvgIpc) is 2.65. The number of carbonyl (C=O) groups excluding carboxylic acids is 4. The molecule has 0 aromatic rings. The van der Waals surface area contributed by atoms with E-state index in [0.29, 0.717) is 25.8 Å². The summed E-state index contributed by atoms with van der Waals surface area (Å²) in [5.74, 6) is -0.983. The third-order valence-electron chi connectivity index (χ3n) is 5.26. The van der Waals surface area contributed by atoms with E-state index in [4.69, 9.17) is 9.47 Å². The molecule has 172 valence electrons. The first kappa shape index (κ1) is 25.7. The van der Waals surface area contributed by atoms with E-state index >= 15 is 0 Å². The SMILES string of the molecule is CC[C@H](C)[C@H]1C(=O)N([C@@H](CCCCNC(=O)OC(C)(C)C)C(=O)OC)CC(=O)N1C. The lowest BCUT2D eigenvalue weighted by Crippen LogP contribution is -2.64. The van der Waals surface area contributed by atoms with Crippen LogP contribution in [0.25, 0.3) is 0 Å². The number of amides is 3. The fourth-order valence-corrected chi connectivity index (χ4v) is 3.44. The number of esters is 1. The number of rotatable bonds is 9. The third-order valence-corrected chi connectivity index (χ3v) is 5.26. The smallest absolute Gasteiger partial charge is 0.407 e. The Morgan fingerprint density at radius 1 is 1.23 bits per heavy atom. The van der Waals surface area contributed by atoms with Crippen molar-refractivity contribution in [1.82, 2.24) is 15.1 Å². The van der Waals surface area contributed by atoms with Gasteiger partial charge in [-0.1, -0.05) is 20.3 Å². The second kappa shape index (κ2) is 11.2. The lowest BCUT2D eigenvalue weighted by molar-refractivity contribution is -0.165. The van der Waals surface area contributed by atoms with Crippen LogP contribution < -0.4 is 5.32 Å². The Balaban J connectivity index is 2.73. The number of nitrogens with one attached hydrogen (secondary N) is 1. The molecule has 0 saturated carbocycles. The molecule has 0 aromatic carbocycles. The van der Waals surface area contributed by atoms with E-state index in [1.54, 1.807) is 27.8 Å². The average molecular weight is 428 g/mol. The highest BCUT2D eigenvalue weighted by atomic mass is 16.6. The summed E-state index contributed by atoms with van der Waals surface area (Å²) in [5.41, 5.74) is -0.569. The standard InChI is InChI=1S/C21H37N3O6/c1-8-14(2)17-18(26)24(13-16(25)23(17)6)15(19(27)29-7)11-9-10-12-22-20(28)30-21(3,4)5/h14-15,17H,8-13H2,1-7H3,(H,22,28)/t14-,15-,17-/m0/s1. The zero-order valence-corrected chi connectivity index (χ0v) is 19.3. The monoisotopic (exact) mass is 427 g/mol. The van der Waals surface area contributed by atoms with Crippen molar-refractivity contribution in [2.24, 2.45) is 5.92 Å². The summed E-state index contributed by atoms with van der Waals surface area (Å²) in [5, 5.41) is 2.67. The number of alkyl carbamates (subject to hydrolysis) is 1. The van der Waals surface area contributed by atoms with E-state index in [9.17, 15) is 19.2 Å². The first-order valence-electron chi connectivity index (χ1n) is 10.5. The van der Waals surface area contributed by atoms with Gasteiger partial charge >= 0.3 is 12.1 Å². The molecule has 9 nitrogen and oxygen atoms in total. The van der Waals surface area contributed by atoms with E-state index in [-0.39, 0.29) is 24.3 Å². The summed E-state index contributed by atoms with van der Waals surface area (Å²) in [6, 6.07) is -1.41. The van der Waals surface area contributed by atoms with Crippen LogP contribution in [0.2, 0.25) is 0 Å². The van der Waals surface area contributed by atoms with Crippen LogP contribution in [-0.2, 0) is 23.9 Å². The quantitative estimate of drug-likeness (QED) is 0.445. The molecule has 9 heteroatoms. The number of nitrogens with zero attached hydrogens (tertiary/aromatic N) is 2. The molecule has 1 fully saturated rings. The molecule has 1 N–H and O–H groups in total. The van der Waals surface area contributed by atoms with Crippen molar-refractivity contribution >= 4 is 23.9 Å². The maximum absolute atomic E-state index is 13.1. The molecule has 1 heterocycles. The molecule has 3 amide bonds. The van der Waals surface area contributed by atoms with Gasteiger partial charge < -0.3 is 24.6 Å². The molecule has 0 aliphatic carbocycles. The summed E-state index contributed by atoms with van der Waals surface area (Å²) in [7, 11) is 2.90. The summed E-state index contributed by atoms with van der Waals surface area (Å²) >= 11 is 0. The summed E-state index contributed by atoms with van der Waals surface area (Å²) in [6.07, 6.45) is 1.75. The Bertz CT molecular complexity index is 631. The predicted molar refractivity (Wildman–Crippen MR) is 112 cm³/mol. The summed E-state index contributed by atoms with van der Waals surface area (Å²) in [6.45, 7) is 9.49. The second-order valence-electron chi connectivity index (χ2n) is 8.76. The van der Waals surface area contributed by atoms with Gasteiger partial charge in [-0.25, -0.2) is 9.59 Å². The fraction of sp³-hybridized carbons (Fsp3) is 0.810. The molecule has 30 heavy (non-hydrogen) atoms. The Labute approximate surface area is 179 Å². The maximum atomic E-state index is 13.1. The van der Waals surface area contributed by atoms with Crippen molar-refractivity contribution in [3.63, 3.8) is 0 Å². The number of hydrogen-bond donors (Lipinski definition) is 1. The molecule has 1 aliphatic rings. The summed E-state index contributed by atoms with van der Waals surface area (Å²) in [4.78, 5) is 52.5. The summed E-state index contributed by atoms with van der Waals surface area (Å²) < 4.78 is 10.1. The van der Waals surface area contributed by atoms with Crippen LogP contribution in [0, 0.1) is 5.92 Å². The Kier molecular flexibility index (Phi) is 9.58. The molecular formula is C21H37N3O6. The van der Waals surface area contributed by atoms with Gasteiger partial charge in [0.2, 0.25) is 11.8 Å². The minimum atomic E-state index is -0.826. The van der Waals surface area contributed by atoms with Crippen molar-refractivity contribution in [1.29, 1.82) is 0 Å². The second-order valence-corrected chi connectivity index (χ2v) is 8.76. The van der Waals surface area contributed by atoms with Crippen LogP contribution in [-0.4, -0.2) is 78.6 Å². The zero-order chi connectivity index (χ0) is 23.1. The predicted octanol–water partition coefficient (Wildman–Crippen LogP) is 1.94. The molecular weight excluding hydrogens is 390 g/mol. The number of hydrogen-bond acceptors (Lipinski definition) is 6. The van der Waals surface area contributed by atoms with Crippen LogP contribution in [0.5, 0.6) is 0 Å². The Hall–Kier alpha value is -2.32. The van der Waals surface area contributed by atoms with E-state index < -0.39 is 29.7 Å². The molecule has 0 bridgehead atoms. The van der Waals surface area contributed by atoms with Crippen molar-refractivity contribution < 1.29 is 28.7 Å². The van der Waals surface area contributed by atoms with E-state index in [2.05, 4.69) is 5.32 Å². The van der Waals surface area contributed by atoms with Crippen LogP contribution >= 0.6 is 0 Å². The van der Waals surface area contributed by atoms with Gasteiger partial charge in [0.25, 0.3) is 0 Å². The van der Waals surface area contributed by atoms with Gasteiger partial charge in [0.1, 0.15) is 24.2 Å². The van der Waals surface area contributed by atoms with Gasteiger partial charge in [-0.05, 0) is 46.0 Å². The van der Waals surface area contributed by atoms with Crippen molar-refractivity contribution in [2.45, 2.75) is 78.0 Å². The van der Waals surface area contributed by atoms with Crippen LogP contribution in [0.1, 0.15) is 60.3 Å². The number of methoxy groups -OCH3 is 1. The van der Waals surface area contributed by atoms with Crippen LogP contribution in [0.4, 0.5) is 4.79 Å². The normalized spacial score (nSPS) is 19.4. The third kappa shape index (κ3) is 7.18. The maximum Gasteiger partial charge on any atom is 0.407 e. The Morgan fingerprint density at radius 3 is 2.40 bits per heavy atom. The first-order valence-corrected chi connectivity index (χ1v) is 10.5. The highest BCUT2D eigenvalue weighted by Crippen LogP contribution is 2.24. The van der Waals surface area contributed by atoms with Gasteiger partial charge in [0.05, 0.1) is 7.11 Å². The van der Waals surface area contributed by atoms with Gasteiger partial charge in [0, 0.05) is 13.6 Å². The number of ether oxygens (including phenoxy) is 2. The van der Waals surface area contributed by atoms with E-state index in [0.717, 1.165) is 6.42 Å². The van der Waals surface area contributed by atoms with Gasteiger partial charge in [-0.2, -0.15) is 0 Å². The Morgan fingerprint density at radius 2 is 1.87 bits per heavy atom. The molecule has 1 saturated heterocycles. The van der Waals surface area contributed by atoms with Crippen LogP contribution in [0.15, 0.2) is 0 Å². The number of likely N-dealkylation sites (N-methyl/N-ethyl adjacent to an activating group) is 1. The molecule has 0 aromatic heterocycles. The van der Waals surface area contributed by atoms with Gasteiger partial charge in [-0.15, -0.1) is 0 Å². The molecule has 1 aliphatic heterocycles. The first-order chi connectivity index (χ1) is 13.9. The zero-order valence-electron chi connectivity index (χ0n) is 19.3. The van der Waals surface area contributed by atoms with E-state index in [1.165, 1.54) is 16.9 Å². The minimum absolute atomic E-state index is 0.0226. The molecule has 0 radical (unpaired) electrons. The van der Waals surface area contributed by atoms with Gasteiger partial charge in [-0.3, -0.25) is 9.59 Å². The molecule has 0 spiro atoms. The van der Waals surface area contributed by atoms with Crippen molar-refractivity contribution in [3.05, 3.63) is 0 Å². The van der Waals surface area contributed by atoms with Crippen molar-refractivity contribution in [2.75, 3.05) is 27.2 Å². The number of carbonyl (C=O) groups is 4. The fourth-order valence-electron chi connectivity index (χ4n) is 3.44. The highest BCUT2D eigenvalue weighted by molar-refractivity contribution is 5.97. The van der Waals surface area contributed by atoms with Crippen LogP contribution in [0.3, 0.4) is 0 Å². The number of piperazine rings is 1. The van der Waals surface area contributed by atoms with E-state index in [1.807, 2.05) is 13.8 Å². The largest absolute Gasteiger partial charge is 0.467 e. The van der Waals surface area contributed by atoms with Gasteiger partial charge in [0.15, 0.2) is 0 Å². The minimum Gasteiger partial charge on any atom is -0.467 e. The topological polar surface area (TPSA) is 105 Å². The molecule has 1 rings (SSSR count). The lowest BCUT2D eigenvalue weighted by Gasteiger charge is -2.43. The highest BCUT2D eigenvalue weighted by Gasteiger charge is 2.44.